The number of carbonyl (C=O) groups excluding carboxylic acids is 2. The van der Waals surface area contributed by atoms with E-state index in [1.807, 2.05) is 23.1 Å². The van der Waals surface area contributed by atoms with Gasteiger partial charge in [-0.15, -0.1) is 0 Å². The van der Waals surface area contributed by atoms with Crippen LogP contribution in [0.25, 0.3) is 6.08 Å². The molecule has 1 fully saturated rings. The largest absolute Gasteiger partial charge is 0.486 e. The van der Waals surface area contributed by atoms with E-state index < -0.39 is 11.6 Å². The summed E-state index contributed by atoms with van der Waals surface area (Å²) in [5, 5.41) is 8.76. The minimum absolute atomic E-state index is 0.00199. The van der Waals surface area contributed by atoms with Crippen molar-refractivity contribution in [3.63, 3.8) is 0 Å². The third kappa shape index (κ3) is 3.92. The van der Waals surface area contributed by atoms with Crippen molar-refractivity contribution >= 4 is 23.7 Å². The van der Waals surface area contributed by atoms with Gasteiger partial charge in [0, 0.05) is 37.6 Å². The molecule has 29 heavy (non-hydrogen) atoms. The molecule has 1 saturated heterocycles. The van der Waals surface area contributed by atoms with Crippen LogP contribution in [-0.4, -0.2) is 46.4 Å². The number of amides is 1. The minimum atomic E-state index is -1.04. The maximum Gasteiger partial charge on any atom is 0.328 e. The zero-order chi connectivity index (χ0) is 20.4. The lowest BCUT2D eigenvalue weighted by Gasteiger charge is -2.44. The molecule has 0 atom stereocenters. The number of Topliss-reactive ketones (excluding diaryl/α,β-unsaturated/α-hetero) is 1. The molecule has 1 spiro atoms. The van der Waals surface area contributed by atoms with Gasteiger partial charge in [0.1, 0.15) is 11.4 Å². The maximum absolute atomic E-state index is 12.8. The van der Waals surface area contributed by atoms with Crippen LogP contribution in [0.5, 0.6) is 5.75 Å². The Hall–Kier alpha value is -3.41. The molecule has 1 amide bonds. The molecule has 2 aromatic carbocycles. The second kappa shape index (κ2) is 7.54. The van der Waals surface area contributed by atoms with Gasteiger partial charge in [-0.3, -0.25) is 9.59 Å². The molecule has 2 aromatic rings. The quantitative estimate of drug-likeness (QED) is 0.811. The van der Waals surface area contributed by atoms with Gasteiger partial charge in [-0.25, -0.2) is 4.79 Å². The SMILES string of the molecule is O=C(O)C=Cc1ccc2c(c1)C(=O)CC1(CCN(C(=O)c3ccccc3)CC1)O2. The molecule has 2 aliphatic rings. The van der Waals surface area contributed by atoms with E-state index in [-0.39, 0.29) is 18.1 Å². The van der Waals surface area contributed by atoms with Crippen LogP contribution >= 0.6 is 0 Å². The van der Waals surface area contributed by atoms with E-state index in [0.29, 0.717) is 48.4 Å². The standard InChI is InChI=1S/C23H21NO5/c25-19-15-23(29-20-8-6-16(14-18(19)20)7-9-21(26)27)10-12-24(13-11-23)22(28)17-4-2-1-3-5-17/h1-9,14H,10-13,15H2,(H,26,27). The molecule has 2 aliphatic heterocycles. The van der Waals surface area contributed by atoms with Crippen LogP contribution in [0, 0.1) is 0 Å². The van der Waals surface area contributed by atoms with Crippen molar-refractivity contribution < 1.29 is 24.2 Å². The monoisotopic (exact) mass is 391 g/mol. The van der Waals surface area contributed by atoms with Crippen LogP contribution in [0.4, 0.5) is 0 Å². The number of rotatable bonds is 3. The van der Waals surface area contributed by atoms with Gasteiger partial charge in [-0.2, -0.15) is 0 Å². The highest BCUT2D eigenvalue weighted by Crippen LogP contribution is 2.40. The van der Waals surface area contributed by atoms with Gasteiger partial charge in [0.25, 0.3) is 5.91 Å². The number of carboxylic acid groups (broad SMARTS) is 1. The highest BCUT2D eigenvalue weighted by molar-refractivity contribution is 6.01. The molecule has 1 N–H and O–H groups in total. The fraction of sp³-hybridized carbons (Fsp3) is 0.261. The number of likely N-dealkylation sites (tertiary alicyclic amines) is 1. The number of hydrogen-bond acceptors (Lipinski definition) is 4. The highest BCUT2D eigenvalue weighted by atomic mass is 16.5. The smallest absolute Gasteiger partial charge is 0.328 e. The fourth-order valence-electron chi connectivity index (χ4n) is 3.94. The Balaban J connectivity index is 1.47. The van der Waals surface area contributed by atoms with Crippen molar-refractivity contribution in [3.8, 4) is 5.75 Å². The molecule has 2 heterocycles. The first-order valence-corrected chi connectivity index (χ1v) is 9.57. The van der Waals surface area contributed by atoms with Gasteiger partial charge >= 0.3 is 5.97 Å². The van der Waals surface area contributed by atoms with Gasteiger partial charge in [0.15, 0.2) is 5.78 Å². The summed E-state index contributed by atoms with van der Waals surface area (Å²) in [5.74, 6) is -0.532. The Kier molecular flexibility index (Phi) is 4.92. The third-order valence-electron chi connectivity index (χ3n) is 5.51. The number of carboxylic acids is 1. The number of ketones is 1. The van der Waals surface area contributed by atoms with Gasteiger partial charge in [-0.1, -0.05) is 24.3 Å². The average Bonchev–Trinajstić information content (AvgIpc) is 2.73. The van der Waals surface area contributed by atoms with Crippen molar-refractivity contribution in [1.29, 1.82) is 0 Å². The van der Waals surface area contributed by atoms with Crippen molar-refractivity contribution in [2.75, 3.05) is 13.1 Å². The van der Waals surface area contributed by atoms with Crippen molar-refractivity contribution in [1.82, 2.24) is 4.90 Å². The molecule has 148 valence electrons. The number of aliphatic carboxylic acids is 1. The average molecular weight is 391 g/mol. The van der Waals surface area contributed by atoms with E-state index in [1.165, 1.54) is 6.08 Å². The topological polar surface area (TPSA) is 83.9 Å². The summed E-state index contributed by atoms with van der Waals surface area (Å²) in [6, 6.07) is 14.3. The molecular formula is C23H21NO5. The number of ether oxygens (including phenoxy) is 1. The second-order valence-corrected chi connectivity index (χ2v) is 7.47. The van der Waals surface area contributed by atoms with Crippen molar-refractivity contribution in [3.05, 3.63) is 71.3 Å². The molecule has 0 bridgehead atoms. The third-order valence-corrected chi connectivity index (χ3v) is 5.51. The Morgan fingerprint density at radius 3 is 2.48 bits per heavy atom. The van der Waals surface area contributed by atoms with Crippen LogP contribution in [0.15, 0.2) is 54.6 Å². The van der Waals surface area contributed by atoms with Crippen LogP contribution in [0.3, 0.4) is 0 Å². The van der Waals surface area contributed by atoms with Crippen LogP contribution in [0.1, 0.15) is 45.5 Å². The van der Waals surface area contributed by atoms with Gasteiger partial charge in [0.05, 0.1) is 12.0 Å². The minimum Gasteiger partial charge on any atom is -0.486 e. The summed E-state index contributed by atoms with van der Waals surface area (Å²) in [5.41, 5.74) is 1.19. The van der Waals surface area contributed by atoms with Gasteiger partial charge in [-0.05, 0) is 35.9 Å². The zero-order valence-corrected chi connectivity index (χ0v) is 15.8. The predicted octanol–water partition coefficient (Wildman–Crippen LogP) is 3.42. The molecule has 0 aliphatic carbocycles. The molecule has 6 nitrogen and oxygen atoms in total. The summed E-state index contributed by atoms with van der Waals surface area (Å²) in [6.07, 6.45) is 3.94. The molecule has 4 rings (SSSR count). The van der Waals surface area contributed by atoms with Gasteiger partial charge < -0.3 is 14.7 Å². The predicted molar refractivity (Wildman–Crippen MR) is 107 cm³/mol. The fourth-order valence-corrected chi connectivity index (χ4v) is 3.94. The lowest BCUT2D eigenvalue weighted by Crippen LogP contribution is -2.52. The summed E-state index contributed by atoms with van der Waals surface area (Å²) >= 11 is 0. The highest BCUT2D eigenvalue weighted by Gasteiger charge is 2.43. The second-order valence-electron chi connectivity index (χ2n) is 7.47. The molecule has 6 heteroatoms. The Morgan fingerprint density at radius 2 is 1.79 bits per heavy atom. The van der Waals surface area contributed by atoms with E-state index in [1.54, 1.807) is 30.3 Å². The lowest BCUT2D eigenvalue weighted by molar-refractivity contribution is -0.131. The molecule has 0 saturated carbocycles. The van der Waals surface area contributed by atoms with Crippen LogP contribution in [0.2, 0.25) is 0 Å². The van der Waals surface area contributed by atoms with E-state index >= 15 is 0 Å². The number of fused-ring (bicyclic) bond motifs is 1. The van der Waals surface area contributed by atoms with Crippen LogP contribution < -0.4 is 4.74 Å². The number of benzene rings is 2. The Morgan fingerprint density at radius 1 is 1.07 bits per heavy atom. The van der Waals surface area contributed by atoms with E-state index in [2.05, 4.69) is 0 Å². The van der Waals surface area contributed by atoms with Crippen molar-refractivity contribution in [2.24, 2.45) is 0 Å². The molecule has 0 unspecified atom stereocenters. The molecule has 0 radical (unpaired) electrons. The molecular weight excluding hydrogens is 370 g/mol. The summed E-state index contributed by atoms with van der Waals surface area (Å²) in [7, 11) is 0. The summed E-state index contributed by atoms with van der Waals surface area (Å²) in [4.78, 5) is 37.9. The maximum atomic E-state index is 12.8. The van der Waals surface area contributed by atoms with E-state index in [9.17, 15) is 14.4 Å². The first-order chi connectivity index (χ1) is 14.0. The normalized spacial score (nSPS) is 17.8. The first kappa shape index (κ1) is 18.9. The van der Waals surface area contributed by atoms with Gasteiger partial charge in [0.2, 0.25) is 0 Å². The number of carbonyl (C=O) groups is 3. The molecule has 0 aromatic heterocycles. The summed E-state index contributed by atoms with van der Waals surface area (Å²) in [6.45, 7) is 1.07. The number of nitrogens with zero attached hydrogens (tertiary/aromatic N) is 1. The van der Waals surface area contributed by atoms with E-state index in [0.717, 1.165) is 6.08 Å². The Bertz CT molecular complexity index is 988. The zero-order valence-electron chi connectivity index (χ0n) is 15.8. The first-order valence-electron chi connectivity index (χ1n) is 9.57. The number of piperidine rings is 1. The Labute approximate surface area is 168 Å². The van der Waals surface area contributed by atoms with Crippen LogP contribution in [-0.2, 0) is 4.79 Å². The van der Waals surface area contributed by atoms with E-state index in [4.69, 9.17) is 9.84 Å². The van der Waals surface area contributed by atoms with Crippen molar-refractivity contribution in [2.45, 2.75) is 24.9 Å². The lowest BCUT2D eigenvalue weighted by atomic mass is 9.82. The summed E-state index contributed by atoms with van der Waals surface area (Å²) < 4.78 is 6.25. The number of hydrogen-bond donors (Lipinski definition) is 1.